The van der Waals surface area contributed by atoms with Crippen molar-refractivity contribution in [3.63, 3.8) is 0 Å². The van der Waals surface area contributed by atoms with E-state index in [-0.39, 0.29) is 5.91 Å². The number of nitrogens with two attached hydrogens (primary N) is 1. The van der Waals surface area contributed by atoms with E-state index < -0.39 is 0 Å². The molecular formula is C20H32N4O2. The van der Waals surface area contributed by atoms with Gasteiger partial charge in [0.15, 0.2) is 5.96 Å². The first-order valence-corrected chi connectivity index (χ1v) is 9.56. The van der Waals surface area contributed by atoms with Crippen molar-refractivity contribution in [2.45, 2.75) is 39.0 Å². The molecule has 6 nitrogen and oxygen atoms in total. The number of primary amides is 1. The lowest BCUT2D eigenvalue weighted by atomic mass is 9.95. The number of nitrogens with one attached hydrogen (secondary N) is 1. The number of hydrogen-bond donors (Lipinski definition) is 2. The quantitative estimate of drug-likeness (QED) is 0.423. The molecule has 0 bridgehead atoms. The summed E-state index contributed by atoms with van der Waals surface area (Å²) in [5.41, 5.74) is 6.66. The second-order valence-electron chi connectivity index (χ2n) is 6.81. The van der Waals surface area contributed by atoms with Gasteiger partial charge in [-0.15, -0.1) is 0 Å². The summed E-state index contributed by atoms with van der Waals surface area (Å²) < 4.78 is 5.19. The van der Waals surface area contributed by atoms with Gasteiger partial charge < -0.3 is 20.7 Å². The Morgan fingerprint density at radius 3 is 2.81 bits per heavy atom. The zero-order chi connectivity index (χ0) is 18.8. The van der Waals surface area contributed by atoms with E-state index in [0.29, 0.717) is 12.3 Å². The van der Waals surface area contributed by atoms with Crippen LogP contribution in [0.25, 0.3) is 0 Å². The van der Waals surface area contributed by atoms with Gasteiger partial charge in [-0.3, -0.25) is 9.79 Å². The van der Waals surface area contributed by atoms with Crippen molar-refractivity contribution < 1.29 is 9.53 Å². The molecule has 0 aromatic heterocycles. The van der Waals surface area contributed by atoms with Gasteiger partial charge in [-0.25, -0.2) is 0 Å². The van der Waals surface area contributed by atoms with Crippen molar-refractivity contribution >= 4 is 11.9 Å². The first kappa shape index (κ1) is 20.1. The molecule has 1 aliphatic heterocycles. The largest absolute Gasteiger partial charge is 0.497 e. The maximum absolute atomic E-state index is 11.2. The molecule has 0 spiro atoms. The van der Waals surface area contributed by atoms with Gasteiger partial charge >= 0.3 is 0 Å². The molecule has 0 saturated carbocycles. The molecule has 6 heteroatoms. The fourth-order valence-corrected chi connectivity index (χ4v) is 3.39. The van der Waals surface area contributed by atoms with Crippen molar-refractivity contribution in [3.05, 3.63) is 29.8 Å². The minimum absolute atomic E-state index is 0.210. The standard InChI is InChI=1S/C20H32N4O2/c1-3-22-20(24-13-5-7-17(15-24)14-19(21)25)23-12-4-6-16-8-10-18(26-2)11-9-16/h8-11,17H,3-7,12-15H2,1-2H3,(H2,21,25)(H,22,23). The third-order valence-electron chi connectivity index (χ3n) is 4.69. The van der Waals surface area contributed by atoms with Crippen LogP contribution in [0.5, 0.6) is 5.75 Å². The Morgan fingerprint density at radius 2 is 2.15 bits per heavy atom. The number of methoxy groups -OCH3 is 1. The summed E-state index contributed by atoms with van der Waals surface area (Å²) in [4.78, 5) is 18.3. The van der Waals surface area contributed by atoms with Gasteiger partial charge in [-0.2, -0.15) is 0 Å². The topological polar surface area (TPSA) is 80.0 Å². The van der Waals surface area contributed by atoms with Crippen molar-refractivity contribution in [2.75, 3.05) is 33.3 Å². The lowest BCUT2D eigenvalue weighted by Crippen LogP contribution is -2.47. The normalized spacial score (nSPS) is 17.8. The number of aryl methyl sites for hydroxylation is 1. The lowest BCUT2D eigenvalue weighted by Gasteiger charge is -2.34. The molecule has 1 aliphatic rings. The number of carbonyl (C=O) groups excluding carboxylic acids is 1. The number of amides is 1. The number of rotatable bonds is 8. The number of hydrogen-bond acceptors (Lipinski definition) is 3. The summed E-state index contributed by atoms with van der Waals surface area (Å²) in [6, 6.07) is 8.20. The number of nitrogens with zero attached hydrogens (tertiary/aromatic N) is 2. The molecule has 3 N–H and O–H groups in total. The molecule has 144 valence electrons. The van der Waals surface area contributed by atoms with Gasteiger partial charge in [0.1, 0.15) is 5.75 Å². The summed E-state index contributed by atoms with van der Waals surface area (Å²) >= 11 is 0. The van der Waals surface area contributed by atoms with E-state index in [1.807, 2.05) is 12.1 Å². The highest BCUT2D eigenvalue weighted by Gasteiger charge is 2.23. The van der Waals surface area contributed by atoms with E-state index in [1.165, 1.54) is 5.56 Å². The number of benzene rings is 1. The van der Waals surface area contributed by atoms with Crippen LogP contribution in [0.2, 0.25) is 0 Å². The number of guanidine groups is 1. The number of likely N-dealkylation sites (tertiary alicyclic amines) is 1. The molecule has 1 unspecified atom stereocenters. The van der Waals surface area contributed by atoms with Crippen LogP contribution < -0.4 is 15.8 Å². The van der Waals surface area contributed by atoms with Crippen molar-refractivity contribution in [1.82, 2.24) is 10.2 Å². The van der Waals surface area contributed by atoms with E-state index in [4.69, 9.17) is 15.5 Å². The van der Waals surface area contributed by atoms with Crippen LogP contribution >= 0.6 is 0 Å². The summed E-state index contributed by atoms with van der Waals surface area (Å²) in [6.45, 7) is 5.55. The molecule has 1 saturated heterocycles. The Labute approximate surface area is 156 Å². The van der Waals surface area contributed by atoms with E-state index >= 15 is 0 Å². The second kappa shape index (κ2) is 10.7. The number of ether oxygens (including phenoxy) is 1. The first-order chi connectivity index (χ1) is 12.6. The van der Waals surface area contributed by atoms with Gasteiger partial charge in [0.2, 0.25) is 5.91 Å². The Balaban J connectivity index is 1.85. The summed E-state index contributed by atoms with van der Waals surface area (Å²) in [6.07, 6.45) is 4.61. The zero-order valence-corrected chi connectivity index (χ0v) is 16.0. The minimum Gasteiger partial charge on any atom is -0.497 e. The minimum atomic E-state index is -0.210. The molecule has 0 radical (unpaired) electrons. The second-order valence-corrected chi connectivity index (χ2v) is 6.81. The Hall–Kier alpha value is -2.24. The highest BCUT2D eigenvalue weighted by molar-refractivity contribution is 5.80. The van der Waals surface area contributed by atoms with E-state index in [1.54, 1.807) is 7.11 Å². The smallest absolute Gasteiger partial charge is 0.217 e. The van der Waals surface area contributed by atoms with Gasteiger partial charge in [0.05, 0.1) is 7.11 Å². The molecule has 1 heterocycles. The molecule has 1 aromatic rings. The highest BCUT2D eigenvalue weighted by Crippen LogP contribution is 2.19. The van der Waals surface area contributed by atoms with Crippen LogP contribution in [-0.2, 0) is 11.2 Å². The molecule has 1 fully saturated rings. The lowest BCUT2D eigenvalue weighted by molar-refractivity contribution is -0.119. The third-order valence-corrected chi connectivity index (χ3v) is 4.69. The van der Waals surface area contributed by atoms with Crippen LogP contribution in [0.1, 0.15) is 38.2 Å². The van der Waals surface area contributed by atoms with E-state index in [0.717, 1.165) is 63.6 Å². The average molecular weight is 361 g/mol. The van der Waals surface area contributed by atoms with Crippen LogP contribution in [0.3, 0.4) is 0 Å². The van der Waals surface area contributed by atoms with Crippen molar-refractivity contribution in [1.29, 1.82) is 0 Å². The van der Waals surface area contributed by atoms with Crippen LogP contribution in [0.15, 0.2) is 29.3 Å². The maximum atomic E-state index is 11.2. The van der Waals surface area contributed by atoms with Gasteiger partial charge in [-0.1, -0.05) is 12.1 Å². The Morgan fingerprint density at radius 1 is 1.38 bits per heavy atom. The van der Waals surface area contributed by atoms with Crippen molar-refractivity contribution in [3.8, 4) is 5.75 Å². The summed E-state index contributed by atoms with van der Waals surface area (Å²) in [5.74, 6) is 1.97. The molecule has 2 rings (SSSR count). The molecular weight excluding hydrogens is 328 g/mol. The first-order valence-electron chi connectivity index (χ1n) is 9.56. The summed E-state index contributed by atoms with van der Waals surface area (Å²) in [5, 5.41) is 3.38. The number of aliphatic imine (C=N–C) groups is 1. The molecule has 26 heavy (non-hydrogen) atoms. The van der Waals surface area contributed by atoms with E-state index in [2.05, 4.69) is 29.3 Å². The fraction of sp³-hybridized carbons (Fsp3) is 0.600. The molecule has 1 aromatic carbocycles. The molecule has 0 aliphatic carbocycles. The SMILES string of the molecule is CCNC(=NCCCc1ccc(OC)cc1)N1CCCC(CC(N)=O)C1. The van der Waals surface area contributed by atoms with Crippen LogP contribution in [-0.4, -0.2) is 50.1 Å². The zero-order valence-electron chi connectivity index (χ0n) is 16.0. The van der Waals surface area contributed by atoms with Crippen molar-refractivity contribution in [2.24, 2.45) is 16.6 Å². The predicted molar refractivity (Wildman–Crippen MR) is 105 cm³/mol. The third kappa shape index (κ3) is 6.58. The van der Waals surface area contributed by atoms with Crippen LogP contribution in [0, 0.1) is 5.92 Å². The predicted octanol–water partition coefficient (Wildman–Crippen LogP) is 2.18. The summed E-state index contributed by atoms with van der Waals surface area (Å²) in [7, 11) is 1.68. The fourth-order valence-electron chi connectivity index (χ4n) is 3.39. The molecule has 1 amide bonds. The van der Waals surface area contributed by atoms with E-state index in [9.17, 15) is 4.79 Å². The monoisotopic (exact) mass is 360 g/mol. The molecule has 1 atom stereocenters. The Kier molecular flexibility index (Phi) is 8.25. The number of carbonyl (C=O) groups is 1. The maximum Gasteiger partial charge on any atom is 0.217 e. The van der Waals surface area contributed by atoms with Gasteiger partial charge in [0.25, 0.3) is 0 Å². The number of piperidine rings is 1. The van der Waals surface area contributed by atoms with Gasteiger partial charge in [-0.05, 0) is 56.2 Å². The Bertz CT molecular complexity index is 586. The van der Waals surface area contributed by atoms with Crippen LogP contribution in [0.4, 0.5) is 0 Å². The highest BCUT2D eigenvalue weighted by atomic mass is 16.5. The average Bonchev–Trinajstić information content (AvgIpc) is 2.64. The van der Waals surface area contributed by atoms with Gasteiger partial charge in [0, 0.05) is 32.6 Å².